The first-order chi connectivity index (χ1) is 16.0. The maximum atomic E-state index is 13.6. The molecule has 33 heavy (non-hydrogen) atoms. The summed E-state index contributed by atoms with van der Waals surface area (Å²) in [6, 6.07) is 21.3. The molecule has 0 spiro atoms. The summed E-state index contributed by atoms with van der Waals surface area (Å²) >= 11 is 1.34. The second-order valence-corrected chi connectivity index (χ2v) is 9.10. The number of carbonyl (C=O) groups excluding carboxylic acids is 1. The van der Waals surface area contributed by atoms with Crippen LogP contribution in [0.3, 0.4) is 0 Å². The predicted molar refractivity (Wildman–Crippen MR) is 128 cm³/mol. The molecule has 1 aliphatic heterocycles. The van der Waals surface area contributed by atoms with E-state index in [1.165, 1.54) is 23.9 Å². The Morgan fingerprint density at radius 3 is 2.48 bits per heavy atom. The monoisotopic (exact) mass is 459 g/mol. The van der Waals surface area contributed by atoms with Crippen LogP contribution in [0.15, 0.2) is 78.0 Å². The highest BCUT2D eigenvalue weighted by atomic mass is 32.2. The highest BCUT2D eigenvalue weighted by Gasteiger charge is 2.38. The lowest BCUT2D eigenvalue weighted by Crippen LogP contribution is -2.41. The number of hydrogen-bond donors (Lipinski definition) is 2. The van der Waals surface area contributed by atoms with Gasteiger partial charge in [0, 0.05) is 11.3 Å². The molecule has 0 aliphatic carbocycles. The van der Waals surface area contributed by atoms with Crippen LogP contribution in [-0.2, 0) is 4.79 Å². The Balaban J connectivity index is 1.50. The fourth-order valence-corrected chi connectivity index (χ4v) is 4.86. The van der Waals surface area contributed by atoms with Gasteiger partial charge in [0.1, 0.15) is 11.1 Å². The quantitative estimate of drug-likeness (QED) is 0.444. The van der Waals surface area contributed by atoms with E-state index < -0.39 is 11.3 Å². The molecule has 8 heteroatoms. The third-order valence-corrected chi connectivity index (χ3v) is 6.95. The van der Waals surface area contributed by atoms with Crippen LogP contribution in [0.2, 0.25) is 0 Å². The minimum atomic E-state index is -0.544. The van der Waals surface area contributed by atoms with Crippen LogP contribution in [-0.4, -0.2) is 26.0 Å². The van der Waals surface area contributed by atoms with Crippen LogP contribution in [0.25, 0.3) is 11.4 Å². The summed E-state index contributed by atoms with van der Waals surface area (Å²) in [6.45, 7) is 4.04. The summed E-state index contributed by atoms with van der Waals surface area (Å²) in [4.78, 5) is 13.4. The lowest BCUT2D eigenvalue weighted by atomic mass is 10.0. The summed E-state index contributed by atoms with van der Waals surface area (Å²) in [5, 5.41) is 11.7. The van der Waals surface area contributed by atoms with Crippen molar-refractivity contribution in [3.05, 3.63) is 95.3 Å². The molecule has 5 rings (SSSR count). The maximum absolute atomic E-state index is 13.6. The van der Waals surface area contributed by atoms with E-state index in [9.17, 15) is 9.18 Å². The molecule has 0 bridgehead atoms. The normalized spacial score (nSPS) is 17.2. The van der Waals surface area contributed by atoms with Gasteiger partial charge in [-0.1, -0.05) is 60.3 Å². The van der Waals surface area contributed by atoms with Gasteiger partial charge >= 0.3 is 0 Å². The summed E-state index contributed by atoms with van der Waals surface area (Å²) < 4.78 is 15.4. The number of hydrogen-bond acceptors (Lipinski definition) is 5. The van der Waals surface area contributed by atoms with Gasteiger partial charge in [0.05, 0.1) is 6.04 Å². The number of nitrogens with zero attached hydrogens (tertiary/aromatic N) is 3. The minimum Gasteiger partial charge on any atom is -0.325 e. The zero-order chi connectivity index (χ0) is 22.9. The van der Waals surface area contributed by atoms with Gasteiger partial charge in [-0.3, -0.25) is 4.79 Å². The van der Waals surface area contributed by atoms with Gasteiger partial charge in [-0.2, -0.15) is 0 Å². The van der Waals surface area contributed by atoms with Gasteiger partial charge in [0.15, 0.2) is 5.82 Å². The van der Waals surface area contributed by atoms with Gasteiger partial charge in [-0.25, -0.2) is 9.07 Å². The maximum Gasteiger partial charge on any atom is 0.240 e. The Bertz CT molecular complexity index is 1310. The van der Waals surface area contributed by atoms with Crippen LogP contribution in [0.5, 0.6) is 0 Å². The summed E-state index contributed by atoms with van der Waals surface area (Å²) in [5.41, 5.74) is 8.10. The van der Waals surface area contributed by atoms with E-state index in [0.29, 0.717) is 11.0 Å². The van der Waals surface area contributed by atoms with Crippen molar-refractivity contribution in [2.75, 3.05) is 10.7 Å². The molecule has 166 valence electrons. The van der Waals surface area contributed by atoms with Gasteiger partial charge in [-0.15, -0.1) is 10.2 Å². The number of fused-ring (bicyclic) bond motifs is 1. The minimum absolute atomic E-state index is 0.166. The molecule has 0 fully saturated rings. The lowest BCUT2D eigenvalue weighted by molar-refractivity contribution is -0.116. The first-order valence-electron chi connectivity index (χ1n) is 10.6. The second-order valence-electron chi connectivity index (χ2n) is 7.99. The van der Waals surface area contributed by atoms with Crippen molar-refractivity contribution in [3.8, 4) is 11.4 Å². The van der Waals surface area contributed by atoms with Gasteiger partial charge in [0.25, 0.3) is 0 Å². The van der Waals surface area contributed by atoms with Crippen molar-refractivity contribution in [2.45, 2.75) is 30.3 Å². The molecule has 2 N–H and O–H groups in total. The Morgan fingerprint density at radius 2 is 1.76 bits per heavy atom. The number of benzene rings is 3. The fourth-order valence-electron chi connectivity index (χ4n) is 3.78. The summed E-state index contributed by atoms with van der Waals surface area (Å²) in [6.07, 6.45) is 0. The molecule has 3 aromatic carbocycles. The van der Waals surface area contributed by atoms with E-state index in [1.807, 2.05) is 62.4 Å². The Labute approximate surface area is 195 Å². The number of nitrogens with one attached hydrogen (secondary N) is 2. The van der Waals surface area contributed by atoms with Crippen LogP contribution in [0.4, 0.5) is 10.1 Å². The molecule has 2 heterocycles. The molecule has 1 aromatic heterocycles. The Kier molecular flexibility index (Phi) is 5.60. The zero-order valence-electron chi connectivity index (χ0n) is 18.1. The first kappa shape index (κ1) is 21.2. The van der Waals surface area contributed by atoms with Crippen LogP contribution >= 0.6 is 11.8 Å². The molecule has 0 radical (unpaired) electrons. The predicted octanol–water partition coefficient (Wildman–Crippen LogP) is 5.10. The van der Waals surface area contributed by atoms with Gasteiger partial charge in [0.2, 0.25) is 11.1 Å². The topological polar surface area (TPSA) is 71.8 Å². The summed E-state index contributed by atoms with van der Waals surface area (Å²) in [7, 11) is 0. The van der Waals surface area contributed by atoms with E-state index in [4.69, 9.17) is 0 Å². The number of carbonyl (C=O) groups is 1. The Hall–Kier alpha value is -3.65. The highest BCUT2D eigenvalue weighted by Crippen LogP contribution is 2.39. The van der Waals surface area contributed by atoms with Crippen LogP contribution in [0.1, 0.15) is 22.7 Å². The number of aromatic nitrogens is 3. The molecule has 4 aromatic rings. The largest absolute Gasteiger partial charge is 0.325 e. The smallest absolute Gasteiger partial charge is 0.240 e. The molecule has 1 amide bonds. The van der Waals surface area contributed by atoms with Gasteiger partial charge in [-0.05, 0) is 54.8 Å². The first-order valence-corrected chi connectivity index (χ1v) is 11.5. The molecular formula is C25H22FN5OS. The molecular weight excluding hydrogens is 437 g/mol. The molecule has 0 saturated heterocycles. The average Bonchev–Trinajstić information content (AvgIpc) is 3.25. The zero-order valence-corrected chi connectivity index (χ0v) is 18.9. The molecule has 0 saturated carbocycles. The van der Waals surface area contributed by atoms with Crippen molar-refractivity contribution < 1.29 is 9.18 Å². The number of halogens is 1. The van der Waals surface area contributed by atoms with Gasteiger partial charge < -0.3 is 10.7 Å². The van der Waals surface area contributed by atoms with Crippen LogP contribution < -0.4 is 10.7 Å². The number of thioether (sulfide) groups is 1. The Morgan fingerprint density at radius 1 is 1.00 bits per heavy atom. The number of amides is 1. The van der Waals surface area contributed by atoms with Crippen molar-refractivity contribution in [1.82, 2.24) is 14.9 Å². The van der Waals surface area contributed by atoms with Crippen molar-refractivity contribution in [3.63, 3.8) is 0 Å². The van der Waals surface area contributed by atoms with Crippen LogP contribution in [0, 0.1) is 19.7 Å². The third-order valence-electron chi connectivity index (χ3n) is 5.73. The van der Waals surface area contributed by atoms with E-state index >= 15 is 0 Å². The van der Waals surface area contributed by atoms with Crippen molar-refractivity contribution >= 4 is 23.4 Å². The molecule has 0 unspecified atom stereocenters. The number of anilines is 1. The average molecular weight is 460 g/mol. The lowest BCUT2D eigenvalue weighted by Gasteiger charge is -2.33. The van der Waals surface area contributed by atoms with Crippen molar-refractivity contribution in [2.24, 2.45) is 0 Å². The third kappa shape index (κ3) is 4.21. The van der Waals surface area contributed by atoms with E-state index in [-0.39, 0.29) is 11.7 Å². The van der Waals surface area contributed by atoms with E-state index in [0.717, 1.165) is 27.9 Å². The fraction of sp³-hybridized carbons (Fsp3) is 0.160. The number of aryl methyl sites for hydroxylation is 2. The van der Waals surface area contributed by atoms with Crippen molar-refractivity contribution in [1.29, 1.82) is 0 Å². The standard InChI is InChI=1S/C25H22FN5OS/c1-15-8-13-20(14-16(15)2)27-24(32)22-21(17-9-11-19(26)12-10-17)30-31-23(28-29-25(31)33-22)18-6-4-3-5-7-18/h3-14,21-22,30H,1-2H3,(H,27,32)/t21-,22-/m0/s1. The SMILES string of the molecule is Cc1ccc(NC(=O)[C@H]2Sc3nnc(-c4ccccc4)n3N[C@H]2c2ccc(F)cc2)cc1C. The van der Waals surface area contributed by atoms with E-state index in [1.54, 1.807) is 16.8 Å². The number of rotatable bonds is 4. The second kappa shape index (κ2) is 8.71. The summed E-state index contributed by atoms with van der Waals surface area (Å²) in [5.74, 6) is 0.159. The molecule has 2 atom stereocenters. The highest BCUT2D eigenvalue weighted by molar-refractivity contribution is 8.00. The van der Waals surface area contributed by atoms with E-state index in [2.05, 4.69) is 20.9 Å². The molecule has 6 nitrogen and oxygen atoms in total. The molecule has 1 aliphatic rings.